The number of aliphatic carboxylic acids is 1. The summed E-state index contributed by atoms with van der Waals surface area (Å²) < 4.78 is 5.68. The third kappa shape index (κ3) is 3.70. The Kier molecular flexibility index (Phi) is 3.80. The van der Waals surface area contributed by atoms with E-state index in [2.05, 4.69) is 11.4 Å². The zero-order valence-corrected chi connectivity index (χ0v) is 11.7. The lowest BCUT2D eigenvalue weighted by atomic mass is 10.0. The molecule has 1 fully saturated rings. The molecule has 4 heteroatoms. The molecule has 0 aliphatic heterocycles. The van der Waals surface area contributed by atoms with Gasteiger partial charge >= 0.3 is 5.97 Å². The first-order valence-corrected chi connectivity index (χ1v) is 6.61. The predicted molar refractivity (Wildman–Crippen MR) is 73.6 cm³/mol. The Hall–Kier alpha value is -1.55. The van der Waals surface area contributed by atoms with Gasteiger partial charge in [-0.05, 0) is 56.9 Å². The second-order valence-corrected chi connectivity index (χ2v) is 5.67. The summed E-state index contributed by atoms with van der Waals surface area (Å²) in [7, 11) is 0. The molecule has 1 atom stereocenters. The number of aryl methyl sites for hydroxylation is 2. The molecular weight excluding hydrogens is 242 g/mol. The second-order valence-electron chi connectivity index (χ2n) is 5.67. The SMILES string of the molecule is Cc1cc(C)cc(OCC(C)(NC2CC2)C(=O)O)c1. The fraction of sp³-hybridized carbons (Fsp3) is 0.533. The summed E-state index contributed by atoms with van der Waals surface area (Å²) >= 11 is 0. The topological polar surface area (TPSA) is 58.6 Å². The molecule has 1 aliphatic rings. The Labute approximate surface area is 113 Å². The van der Waals surface area contributed by atoms with Gasteiger partial charge in [-0.15, -0.1) is 0 Å². The number of rotatable bonds is 6. The molecule has 1 aromatic rings. The van der Waals surface area contributed by atoms with Gasteiger partial charge in [0.2, 0.25) is 0 Å². The highest BCUT2D eigenvalue weighted by atomic mass is 16.5. The summed E-state index contributed by atoms with van der Waals surface area (Å²) in [6.07, 6.45) is 2.10. The first-order chi connectivity index (χ1) is 8.89. The first kappa shape index (κ1) is 13.9. The highest BCUT2D eigenvalue weighted by Crippen LogP contribution is 2.24. The van der Waals surface area contributed by atoms with Gasteiger partial charge in [-0.2, -0.15) is 0 Å². The van der Waals surface area contributed by atoms with E-state index in [1.54, 1.807) is 6.92 Å². The summed E-state index contributed by atoms with van der Waals surface area (Å²) in [4.78, 5) is 11.4. The average molecular weight is 263 g/mol. The molecule has 0 radical (unpaired) electrons. The third-order valence-corrected chi connectivity index (χ3v) is 3.29. The van der Waals surface area contributed by atoms with Crippen LogP contribution in [0.25, 0.3) is 0 Å². The number of hydrogen-bond acceptors (Lipinski definition) is 3. The molecule has 0 heterocycles. The van der Waals surface area contributed by atoms with Gasteiger partial charge in [0, 0.05) is 6.04 Å². The fourth-order valence-corrected chi connectivity index (χ4v) is 2.09. The van der Waals surface area contributed by atoms with Crippen LogP contribution in [0.5, 0.6) is 5.75 Å². The van der Waals surface area contributed by atoms with Gasteiger partial charge in [0.25, 0.3) is 0 Å². The minimum absolute atomic E-state index is 0.127. The highest BCUT2D eigenvalue weighted by molar-refractivity contribution is 5.78. The van der Waals surface area contributed by atoms with Crippen LogP contribution in [0.1, 0.15) is 30.9 Å². The lowest BCUT2D eigenvalue weighted by molar-refractivity contribution is -0.145. The Morgan fingerprint density at radius 1 is 1.37 bits per heavy atom. The Morgan fingerprint density at radius 2 is 1.95 bits per heavy atom. The monoisotopic (exact) mass is 263 g/mol. The van der Waals surface area contributed by atoms with Crippen molar-refractivity contribution >= 4 is 5.97 Å². The first-order valence-electron chi connectivity index (χ1n) is 6.61. The van der Waals surface area contributed by atoms with Gasteiger partial charge in [-0.1, -0.05) is 6.07 Å². The molecule has 2 N–H and O–H groups in total. The molecule has 1 unspecified atom stereocenters. The van der Waals surface area contributed by atoms with E-state index in [4.69, 9.17) is 4.74 Å². The zero-order valence-electron chi connectivity index (χ0n) is 11.7. The molecule has 1 saturated carbocycles. The van der Waals surface area contributed by atoms with E-state index in [1.807, 2.05) is 26.0 Å². The van der Waals surface area contributed by atoms with E-state index in [0.717, 1.165) is 29.7 Å². The third-order valence-electron chi connectivity index (χ3n) is 3.29. The van der Waals surface area contributed by atoms with Crippen molar-refractivity contribution in [3.05, 3.63) is 29.3 Å². The van der Waals surface area contributed by atoms with Crippen LogP contribution in [-0.4, -0.2) is 29.3 Å². The van der Waals surface area contributed by atoms with Gasteiger partial charge < -0.3 is 9.84 Å². The summed E-state index contributed by atoms with van der Waals surface area (Å²) in [5.41, 5.74) is 1.20. The molecule has 0 aromatic heterocycles. The van der Waals surface area contributed by atoms with Gasteiger partial charge in [-0.3, -0.25) is 10.1 Å². The van der Waals surface area contributed by atoms with E-state index in [0.29, 0.717) is 6.04 Å². The predicted octanol–water partition coefficient (Wildman–Crippen LogP) is 2.28. The van der Waals surface area contributed by atoms with Crippen LogP contribution in [0, 0.1) is 13.8 Å². The Bertz CT molecular complexity index is 462. The summed E-state index contributed by atoms with van der Waals surface area (Å²) in [5.74, 6) is -0.147. The maximum atomic E-state index is 11.4. The van der Waals surface area contributed by atoms with Crippen LogP contribution < -0.4 is 10.1 Å². The van der Waals surface area contributed by atoms with Gasteiger partial charge in [-0.25, -0.2) is 0 Å². The van der Waals surface area contributed by atoms with Crippen LogP contribution >= 0.6 is 0 Å². The molecule has 0 saturated heterocycles. The van der Waals surface area contributed by atoms with Crippen LogP contribution in [0.2, 0.25) is 0 Å². The maximum absolute atomic E-state index is 11.4. The lowest BCUT2D eigenvalue weighted by Gasteiger charge is -2.26. The van der Waals surface area contributed by atoms with Crippen molar-refractivity contribution in [1.82, 2.24) is 5.32 Å². The number of hydrogen-bond donors (Lipinski definition) is 2. The zero-order chi connectivity index (χ0) is 14.0. The number of carbonyl (C=O) groups is 1. The molecule has 1 aliphatic carbocycles. The molecular formula is C15H21NO3. The van der Waals surface area contributed by atoms with Gasteiger partial charge in [0.1, 0.15) is 17.9 Å². The summed E-state index contributed by atoms with van der Waals surface area (Å²) in [5, 5.41) is 12.5. The van der Waals surface area contributed by atoms with Gasteiger partial charge in [0.05, 0.1) is 0 Å². The van der Waals surface area contributed by atoms with E-state index < -0.39 is 11.5 Å². The quantitative estimate of drug-likeness (QED) is 0.826. The standard InChI is InChI=1S/C15H21NO3/c1-10-6-11(2)8-13(7-10)19-9-15(3,14(17)18)16-12-4-5-12/h6-8,12,16H,4-5,9H2,1-3H3,(H,17,18). The van der Waals surface area contributed by atoms with Crippen molar-refractivity contribution in [2.45, 2.75) is 45.2 Å². The molecule has 19 heavy (non-hydrogen) atoms. The van der Waals surface area contributed by atoms with Crippen molar-refractivity contribution in [2.24, 2.45) is 0 Å². The number of carboxylic acids is 1. The molecule has 0 spiro atoms. The minimum Gasteiger partial charge on any atom is -0.491 e. The number of carboxylic acid groups (broad SMARTS) is 1. The normalized spacial score (nSPS) is 17.8. The van der Waals surface area contributed by atoms with E-state index in [-0.39, 0.29) is 6.61 Å². The Balaban J connectivity index is 2.03. The molecule has 4 nitrogen and oxygen atoms in total. The molecule has 2 rings (SSSR count). The van der Waals surface area contributed by atoms with Crippen LogP contribution in [0.15, 0.2) is 18.2 Å². The second kappa shape index (κ2) is 5.21. The Morgan fingerprint density at radius 3 is 2.42 bits per heavy atom. The van der Waals surface area contributed by atoms with Gasteiger partial charge in [0.15, 0.2) is 0 Å². The largest absolute Gasteiger partial charge is 0.491 e. The van der Waals surface area contributed by atoms with Crippen molar-refractivity contribution < 1.29 is 14.6 Å². The van der Waals surface area contributed by atoms with Crippen LogP contribution in [-0.2, 0) is 4.79 Å². The number of nitrogens with one attached hydrogen (secondary N) is 1. The minimum atomic E-state index is -1.03. The smallest absolute Gasteiger partial charge is 0.327 e. The number of benzene rings is 1. The van der Waals surface area contributed by atoms with E-state index in [1.165, 1.54) is 0 Å². The summed E-state index contributed by atoms with van der Waals surface area (Å²) in [6, 6.07) is 6.23. The maximum Gasteiger partial charge on any atom is 0.327 e. The average Bonchev–Trinajstić information content (AvgIpc) is 3.09. The molecule has 104 valence electrons. The van der Waals surface area contributed by atoms with E-state index in [9.17, 15) is 9.90 Å². The van der Waals surface area contributed by atoms with E-state index >= 15 is 0 Å². The molecule has 0 bridgehead atoms. The summed E-state index contributed by atoms with van der Waals surface area (Å²) in [6.45, 7) is 5.80. The van der Waals surface area contributed by atoms with Crippen molar-refractivity contribution in [3.8, 4) is 5.75 Å². The van der Waals surface area contributed by atoms with Crippen molar-refractivity contribution in [3.63, 3.8) is 0 Å². The van der Waals surface area contributed by atoms with Crippen LogP contribution in [0.3, 0.4) is 0 Å². The lowest BCUT2D eigenvalue weighted by Crippen LogP contribution is -2.54. The fourth-order valence-electron chi connectivity index (χ4n) is 2.09. The molecule has 0 amide bonds. The van der Waals surface area contributed by atoms with Crippen molar-refractivity contribution in [2.75, 3.05) is 6.61 Å². The molecule has 1 aromatic carbocycles. The highest BCUT2D eigenvalue weighted by Gasteiger charge is 2.39. The van der Waals surface area contributed by atoms with Crippen molar-refractivity contribution in [1.29, 1.82) is 0 Å². The van der Waals surface area contributed by atoms with Crippen LogP contribution in [0.4, 0.5) is 0 Å². The number of ether oxygens (including phenoxy) is 1.